The van der Waals surface area contributed by atoms with Gasteiger partial charge in [-0.05, 0) is 24.3 Å². The van der Waals surface area contributed by atoms with Crippen molar-refractivity contribution in [3.05, 3.63) is 60.7 Å². The Morgan fingerprint density at radius 3 is 1.42 bits per heavy atom. The minimum absolute atomic E-state index is 0.653. The van der Waals surface area contributed by atoms with Crippen molar-refractivity contribution in [3.8, 4) is 0 Å². The van der Waals surface area contributed by atoms with Crippen LogP contribution in [0.15, 0.2) is 70.6 Å². The summed E-state index contributed by atoms with van der Waals surface area (Å²) in [7, 11) is 3.28. The second-order valence-corrected chi connectivity index (χ2v) is 6.62. The van der Waals surface area contributed by atoms with Gasteiger partial charge in [0.25, 0.3) is 10.5 Å². The van der Waals surface area contributed by atoms with E-state index in [1.807, 2.05) is 60.7 Å². The largest absolute Gasteiger partial charge is 0.476 e. The van der Waals surface area contributed by atoms with Crippen LogP contribution >= 0.6 is 23.5 Å². The summed E-state index contributed by atoms with van der Waals surface area (Å²) in [5, 5.41) is 1.31. The zero-order valence-corrected chi connectivity index (χ0v) is 15.3. The highest BCUT2D eigenvalue weighted by Gasteiger charge is 2.04. The van der Waals surface area contributed by atoms with E-state index < -0.39 is 0 Å². The molecule has 6 heteroatoms. The first-order valence-electron chi connectivity index (χ1n) is 7.43. The molecule has 0 atom stereocenters. The number of methoxy groups -OCH3 is 2. The van der Waals surface area contributed by atoms with E-state index in [4.69, 9.17) is 9.47 Å². The molecule has 0 unspecified atom stereocenters. The number of benzene rings is 2. The van der Waals surface area contributed by atoms with Crippen molar-refractivity contribution in [1.29, 1.82) is 0 Å². The molecular formula is C18H20N2O2S2. The Labute approximate surface area is 151 Å². The Morgan fingerprint density at radius 2 is 1.08 bits per heavy atom. The van der Waals surface area contributed by atoms with Crippen molar-refractivity contribution in [2.45, 2.75) is 0 Å². The molecule has 24 heavy (non-hydrogen) atoms. The van der Waals surface area contributed by atoms with E-state index in [9.17, 15) is 0 Å². The van der Waals surface area contributed by atoms with Gasteiger partial charge in [0.15, 0.2) is 0 Å². The number of para-hydroxylation sites is 2. The van der Waals surface area contributed by atoms with E-state index >= 15 is 0 Å². The molecule has 0 saturated heterocycles. The summed E-state index contributed by atoms with van der Waals surface area (Å²) in [4.78, 5) is 8.94. The molecule has 2 rings (SSSR count). The minimum Gasteiger partial charge on any atom is -0.476 e. The first kappa shape index (κ1) is 18.4. The van der Waals surface area contributed by atoms with Crippen LogP contribution in [0.4, 0.5) is 11.4 Å². The summed E-state index contributed by atoms with van der Waals surface area (Å²) < 4.78 is 10.7. The van der Waals surface area contributed by atoms with Gasteiger partial charge in [0.05, 0.1) is 25.6 Å². The zero-order valence-electron chi connectivity index (χ0n) is 13.7. The fourth-order valence-electron chi connectivity index (χ4n) is 1.75. The maximum Gasteiger partial charge on any atom is 0.250 e. The van der Waals surface area contributed by atoms with Crippen molar-refractivity contribution in [2.24, 2.45) is 9.98 Å². The van der Waals surface area contributed by atoms with Gasteiger partial charge in [0, 0.05) is 11.5 Å². The highest BCUT2D eigenvalue weighted by atomic mass is 32.2. The molecule has 0 aliphatic rings. The van der Waals surface area contributed by atoms with E-state index in [0.29, 0.717) is 10.5 Å². The maximum atomic E-state index is 5.33. The van der Waals surface area contributed by atoms with Crippen molar-refractivity contribution in [1.82, 2.24) is 0 Å². The molecular weight excluding hydrogens is 340 g/mol. The third-order valence-electron chi connectivity index (χ3n) is 2.84. The van der Waals surface area contributed by atoms with Crippen LogP contribution in [0.1, 0.15) is 0 Å². The summed E-state index contributed by atoms with van der Waals surface area (Å²) in [6, 6.07) is 19.5. The van der Waals surface area contributed by atoms with E-state index in [2.05, 4.69) is 9.98 Å². The number of rotatable bonds is 5. The van der Waals surface area contributed by atoms with Crippen LogP contribution in [-0.4, -0.2) is 36.2 Å². The Morgan fingerprint density at radius 1 is 0.708 bits per heavy atom. The molecule has 0 aliphatic heterocycles. The van der Waals surface area contributed by atoms with Crippen LogP contribution in [0.2, 0.25) is 0 Å². The van der Waals surface area contributed by atoms with Crippen LogP contribution < -0.4 is 0 Å². The van der Waals surface area contributed by atoms with E-state index in [0.717, 1.165) is 22.9 Å². The first-order chi connectivity index (χ1) is 11.8. The number of hydrogen-bond donors (Lipinski definition) is 0. The molecule has 4 nitrogen and oxygen atoms in total. The quantitative estimate of drug-likeness (QED) is 0.422. The van der Waals surface area contributed by atoms with E-state index in [1.165, 1.54) is 0 Å². The third-order valence-corrected chi connectivity index (χ3v) is 4.92. The lowest BCUT2D eigenvalue weighted by Gasteiger charge is -2.06. The molecule has 2 aromatic rings. The SMILES string of the molecule is COC(=Nc1ccccc1)SCCSC(=Nc1ccccc1)OC. The van der Waals surface area contributed by atoms with Gasteiger partial charge in [-0.2, -0.15) is 0 Å². The molecule has 126 valence electrons. The molecule has 0 bridgehead atoms. The lowest BCUT2D eigenvalue weighted by atomic mass is 10.3. The van der Waals surface area contributed by atoms with Crippen LogP contribution in [-0.2, 0) is 9.47 Å². The molecule has 0 fully saturated rings. The number of nitrogens with zero attached hydrogens (tertiary/aromatic N) is 2. The molecule has 0 spiro atoms. The van der Waals surface area contributed by atoms with Crippen LogP contribution in [0.25, 0.3) is 0 Å². The number of aliphatic imine (C=N–C) groups is 2. The third kappa shape index (κ3) is 6.68. The maximum absolute atomic E-state index is 5.33. The zero-order chi connectivity index (χ0) is 17.0. The fourth-order valence-corrected chi connectivity index (χ4v) is 3.34. The molecule has 0 saturated carbocycles. The van der Waals surface area contributed by atoms with Crippen molar-refractivity contribution < 1.29 is 9.47 Å². The Kier molecular flexibility index (Phi) is 8.27. The first-order valence-corrected chi connectivity index (χ1v) is 9.40. The summed E-state index contributed by atoms with van der Waals surface area (Å²) in [5.41, 5.74) is 1.77. The van der Waals surface area contributed by atoms with Gasteiger partial charge < -0.3 is 9.47 Å². The van der Waals surface area contributed by atoms with Crippen LogP contribution in [0.3, 0.4) is 0 Å². The average Bonchev–Trinajstić information content (AvgIpc) is 2.64. The number of thioether (sulfide) groups is 2. The normalized spacial score (nSPS) is 12.1. The van der Waals surface area contributed by atoms with Crippen LogP contribution in [0.5, 0.6) is 0 Å². The van der Waals surface area contributed by atoms with E-state index in [1.54, 1.807) is 37.7 Å². The van der Waals surface area contributed by atoms with Gasteiger partial charge in [-0.25, -0.2) is 9.98 Å². The predicted molar refractivity (Wildman–Crippen MR) is 106 cm³/mol. The van der Waals surface area contributed by atoms with Gasteiger partial charge in [-0.15, -0.1) is 0 Å². The fraction of sp³-hybridized carbons (Fsp3) is 0.222. The number of ether oxygens (including phenoxy) is 2. The topological polar surface area (TPSA) is 43.2 Å². The lowest BCUT2D eigenvalue weighted by molar-refractivity contribution is 0.416. The Hall–Kier alpha value is -1.92. The van der Waals surface area contributed by atoms with Crippen molar-refractivity contribution in [3.63, 3.8) is 0 Å². The molecule has 0 aliphatic carbocycles. The van der Waals surface area contributed by atoms with Gasteiger partial charge in [0.2, 0.25) is 0 Å². The summed E-state index contributed by atoms with van der Waals surface area (Å²) in [6.45, 7) is 0. The number of hydrogen-bond acceptors (Lipinski definition) is 6. The van der Waals surface area contributed by atoms with Crippen molar-refractivity contribution >= 4 is 45.4 Å². The average molecular weight is 361 g/mol. The molecule has 0 heterocycles. The molecule has 0 N–H and O–H groups in total. The molecule has 0 aromatic heterocycles. The van der Waals surface area contributed by atoms with Gasteiger partial charge in [0.1, 0.15) is 0 Å². The highest BCUT2D eigenvalue weighted by molar-refractivity contribution is 8.16. The van der Waals surface area contributed by atoms with Gasteiger partial charge in [-0.1, -0.05) is 59.9 Å². The summed E-state index contributed by atoms with van der Waals surface area (Å²) in [6.07, 6.45) is 0. The Bertz CT molecular complexity index is 602. The molecule has 0 amide bonds. The van der Waals surface area contributed by atoms with Gasteiger partial charge >= 0.3 is 0 Å². The highest BCUT2D eigenvalue weighted by Crippen LogP contribution is 2.19. The van der Waals surface area contributed by atoms with Crippen LogP contribution in [0, 0.1) is 0 Å². The summed E-state index contributed by atoms with van der Waals surface area (Å²) in [5.74, 6) is 1.70. The smallest absolute Gasteiger partial charge is 0.250 e. The predicted octanol–water partition coefficient (Wildman–Crippen LogP) is 5.12. The molecule has 0 radical (unpaired) electrons. The second kappa shape index (κ2) is 10.8. The second-order valence-electron chi connectivity index (χ2n) is 4.53. The Balaban J connectivity index is 1.82. The van der Waals surface area contributed by atoms with Crippen molar-refractivity contribution in [2.75, 3.05) is 25.7 Å². The van der Waals surface area contributed by atoms with Gasteiger partial charge in [-0.3, -0.25) is 0 Å². The molecule has 2 aromatic carbocycles. The summed E-state index contributed by atoms with van der Waals surface area (Å²) >= 11 is 3.14. The standard InChI is InChI=1S/C18H20N2O2S2/c1-21-17(19-15-9-5-3-6-10-15)23-13-14-24-18(22-2)20-16-11-7-4-8-12-16/h3-12H,13-14H2,1-2H3. The minimum atomic E-state index is 0.653. The van der Waals surface area contributed by atoms with E-state index in [-0.39, 0.29) is 0 Å². The monoisotopic (exact) mass is 360 g/mol. The lowest BCUT2D eigenvalue weighted by Crippen LogP contribution is -2.01.